The minimum absolute atomic E-state index is 0.125. The van der Waals surface area contributed by atoms with E-state index >= 15 is 0 Å². The van der Waals surface area contributed by atoms with Crippen molar-refractivity contribution in [2.45, 2.75) is 109 Å². The first-order valence-electron chi connectivity index (χ1n) is 11.4. The lowest BCUT2D eigenvalue weighted by Gasteiger charge is -2.48. The molecule has 0 aromatic rings. The third-order valence-corrected chi connectivity index (χ3v) is 7.82. The number of rotatable bonds is 6. The molecule has 0 aromatic heterocycles. The maximum Gasteiger partial charge on any atom is 0.438 e. The molecule has 2 aliphatic carbocycles. The second-order valence-electron chi connectivity index (χ2n) is 11.0. The molecular formula is C24H34F6O3. The number of carbonyl (C=O) groups excluding carboxylic acids is 1. The molecule has 190 valence electrons. The predicted molar refractivity (Wildman–Crippen MR) is 111 cm³/mol. The van der Waals surface area contributed by atoms with Crippen molar-refractivity contribution in [1.82, 2.24) is 0 Å². The molecule has 2 rings (SSSR count). The summed E-state index contributed by atoms with van der Waals surface area (Å²) in [5, 5.41) is 19.5. The highest BCUT2D eigenvalue weighted by molar-refractivity contribution is 5.83. The van der Waals surface area contributed by atoms with Gasteiger partial charge >= 0.3 is 18.0 Å². The topological polar surface area (TPSA) is 57.5 Å². The highest BCUT2D eigenvalue weighted by Crippen LogP contribution is 2.61. The van der Waals surface area contributed by atoms with E-state index in [2.05, 4.69) is 0 Å². The zero-order chi connectivity index (χ0) is 25.5. The van der Waals surface area contributed by atoms with Crippen LogP contribution in [0.3, 0.4) is 0 Å². The molecule has 2 N–H and O–H groups in total. The average molecular weight is 485 g/mol. The van der Waals surface area contributed by atoms with E-state index in [1.54, 1.807) is 20.8 Å². The van der Waals surface area contributed by atoms with Gasteiger partial charge in [0.2, 0.25) is 0 Å². The normalized spacial score (nSPS) is 28.7. The van der Waals surface area contributed by atoms with Crippen LogP contribution in [0.2, 0.25) is 0 Å². The second-order valence-corrected chi connectivity index (χ2v) is 11.0. The summed E-state index contributed by atoms with van der Waals surface area (Å²) in [7, 11) is 0. The molecule has 4 atom stereocenters. The molecule has 3 nitrogen and oxygen atoms in total. The van der Waals surface area contributed by atoms with Crippen molar-refractivity contribution in [2.24, 2.45) is 22.7 Å². The summed E-state index contributed by atoms with van der Waals surface area (Å²) in [6.45, 7) is 7.05. The minimum Gasteiger partial charge on any atom is -0.390 e. The van der Waals surface area contributed by atoms with Gasteiger partial charge in [0, 0.05) is 18.8 Å². The van der Waals surface area contributed by atoms with Crippen molar-refractivity contribution in [3.8, 4) is 11.8 Å². The molecule has 4 unspecified atom stereocenters. The molecule has 0 radical (unpaired) electrons. The standard InChI is InChI=1S/C24H34F6O3/c1-19(2,32)11-6-12-20(3,13-7-15-22(33,23(25,26)27)24(28,29)30)18-10-9-16-17(31)8-5-14-21(16,18)4/h16,18,32-33H,5-6,8-14H2,1-4H3. The lowest BCUT2D eigenvalue weighted by molar-refractivity contribution is -0.343. The fourth-order valence-electron chi connectivity index (χ4n) is 6.06. The van der Waals surface area contributed by atoms with Gasteiger partial charge in [-0.15, -0.1) is 0 Å². The minimum atomic E-state index is -5.99. The molecule has 9 heteroatoms. The van der Waals surface area contributed by atoms with Crippen molar-refractivity contribution in [1.29, 1.82) is 0 Å². The summed E-state index contributed by atoms with van der Waals surface area (Å²) >= 11 is 0. The van der Waals surface area contributed by atoms with Crippen LogP contribution in [-0.2, 0) is 4.79 Å². The van der Waals surface area contributed by atoms with E-state index in [1.165, 1.54) is 0 Å². The van der Waals surface area contributed by atoms with Crippen LogP contribution in [0.5, 0.6) is 0 Å². The van der Waals surface area contributed by atoms with Crippen LogP contribution in [0.15, 0.2) is 0 Å². The van der Waals surface area contributed by atoms with E-state index in [0.29, 0.717) is 44.9 Å². The Bertz CT molecular complexity index is 771. The Balaban J connectivity index is 2.39. The molecule has 0 bridgehead atoms. The Hall–Kier alpha value is -1.27. The van der Waals surface area contributed by atoms with Gasteiger partial charge in [0.1, 0.15) is 5.78 Å². The molecule has 0 saturated heterocycles. The van der Waals surface area contributed by atoms with Crippen LogP contribution in [0.4, 0.5) is 26.3 Å². The number of alkyl halides is 6. The highest BCUT2D eigenvalue weighted by Gasteiger charge is 2.70. The third-order valence-electron chi connectivity index (χ3n) is 7.82. The molecule has 0 aromatic carbocycles. The van der Waals surface area contributed by atoms with Crippen LogP contribution in [-0.4, -0.2) is 39.6 Å². The quantitative estimate of drug-likeness (QED) is 0.361. The van der Waals surface area contributed by atoms with Gasteiger partial charge in [-0.3, -0.25) is 4.79 Å². The van der Waals surface area contributed by atoms with Gasteiger partial charge in [-0.05, 0) is 75.0 Å². The maximum atomic E-state index is 13.0. The number of fused-ring (bicyclic) bond motifs is 1. The van der Waals surface area contributed by atoms with Gasteiger partial charge in [0.25, 0.3) is 0 Å². The van der Waals surface area contributed by atoms with E-state index < -0.39 is 34.4 Å². The number of Topliss-reactive ketones (excluding diaryl/α,β-unsaturated/α-hetero) is 1. The van der Waals surface area contributed by atoms with Gasteiger partial charge in [-0.25, -0.2) is 0 Å². The molecule has 0 amide bonds. The maximum absolute atomic E-state index is 13.0. The van der Waals surface area contributed by atoms with E-state index in [0.717, 1.165) is 12.3 Å². The van der Waals surface area contributed by atoms with Gasteiger partial charge in [-0.2, -0.15) is 26.3 Å². The lowest BCUT2D eigenvalue weighted by Crippen LogP contribution is -2.55. The average Bonchev–Trinajstić information content (AvgIpc) is 2.97. The van der Waals surface area contributed by atoms with Crippen molar-refractivity contribution in [3.63, 3.8) is 0 Å². The van der Waals surface area contributed by atoms with Gasteiger partial charge in [0.05, 0.1) is 5.60 Å². The molecular weight excluding hydrogens is 450 g/mol. The van der Waals surface area contributed by atoms with E-state index in [1.807, 2.05) is 12.8 Å². The number of carbonyl (C=O) groups is 1. The Kier molecular flexibility index (Phi) is 7.69. The van der Waals surface area contributed by atoms with Crippen LogP contribution in [0.1, 0.15) is 85.5 Å². The first-order chi connectivity index (χ1) is 14.8. The molecule has 0 spiro atoms. The summed E-state index contributed by atoms with van der Waals surface area (Å²) in [6, 6.07) is 0. The highest BCUT2D eigenvalue weighted by atomic mass is 19.4. The zero-order valence-corrected chi connectivity index (χ0v) is 19.6. The predicted octanol–water partition coefficient (Wildman–Crippen LogP) is 5.97. The van der Waals surface area contributed by atoms with Crippen molar-refractivity contribution in [2.75, 3.05) is 0 Å². The Morgan fingerprint density at radius 2 is 1.58 bits per heavy atom. The Labute approximate surface area is 191 Å². The lowest BCUT2D eigenvalue weighted by atomic mass is 9.56. The number of aliphatic hydroxyl groups is 2. The summed E-state index contributed by atoms with van der Waals surface area (Å²) < 4.78 is 78.3. The van der Waals surface area contributed by atoms with Crippen LogP contribution >= 0.6 is 0 Å². The van der Waals surface area contributed by atoms with E-state index in [9.17, 15) is 41.4 Å². The third kappa shape index (κ3) is 5.70. The van der Waals surface area contributed by atoms with E-state index in [-0.39, 0.29) is 24.0 Å². The molecule has 0 heterocycles. The molecule has 0 aliphatic heterocycles. The van der Waals surface area contributed by atoms with Gasteiger partial charge < -0.3 is 10.2 Å². The number of hydrogen-bond acceptors (Lipinski definition) is 3. The first kappa shape index (κ1) is 28.0. The monoisotopic (exact) mass is 484 g/mol. The zero-order valence-electron chi connectivity index (χ0n) is 19.6. The first-order valence-corrected chi connectivity index (χ1v) is 11.4. The molecule has 33 heavy (non-hydrogen) atoms. The number of ketones is 1. The Morgan fingerprint density at radius 1 is 1.00 bits per heavy atom. The number of halogens is 6. The van der Waals surface area contributed by atoms with Gasteiger partial charge in [-0.1, -0.05) is 26.2 Å². The summed E-state index contributed by atoms with van der Waals surface area (Å²) in [5.41, 5.74) is -7.25. The van der Waals surface area contributed by atoms with E-state index in [4.69, 9.17) is 0 Å². The van der Waals surface area contributed by atoms with Crippen molar-refractivity contribution >= 4 is 5.78 Å². The molecule has 2 aliphatic rings. The van der Waals surface area contributed by atoms with Crippen LogP contribution in [0, 0.1) is 34.5 Å². The largest absolute Gasteiger partial charge is 0.438 e. The summed E-state index contributed by atoms with van der Waals surface area (Å²) in [5.74, 6) is 3.01. The van der Waals surface area contributed by atoms with Crippen molar-refractivity contribution in [3.05, 3.63) is 0 Å². The van der Waals surface area contributed by atoms with Crippen LogP contribution < -0.4 is 0 Å². The smallest absolute Gasteiger partial charge is 0.390 e. The number of hydrogen-bond donors (Lipinski definition) is 2. The fourth-order valence-corrected chi connectivity index (χ4v) is 6.06. The Morgan fingerprint density at radius 3 is 2.09 bits per heavy atom. The molecule has 2 saturated carbocycles. The summed E-state index contributed by atoms with van der Waals surface area (Å²) in [6.07, 6.45) is -7.71. The SMILES string of the molecule is CC(C)(O)CCCC(C)(CC#CC(O)(C(F)(F)F)C(F)(F)F)C1CCC2C(=O)CCCC21C. The second kappa shape index (κ2) is 9.07. The molecule has 2 fully saturated rings. The summed E-state index contributed by atoms with van der Waals surface area (Å²) in [4.78, 5) is 12.5. The fraction of sp³-hybridized carbons (Fsp3) is 0.875. The van der Waals surface area contributed by atoms with Crippen LogP contribution in [0.25, 0.3) is 0 Å². The van der Waals surface area contributed by atoms with Gasteiger partial charge in [0.15, 0.2) is 0 Å². The van der Waals surface area contributed by atoms with Crippen molar-refractivity contribution < 1.29 is 41.4 Å².